The van der Waals surface area contributed by atoms with Crippen LogP contribution in [-0.2, 0) is 12.8 Å². The summed E-state index contributed by atoms with van der Waals surface area (Å²) in [5.41, 5.74) is -2.44. The van der Waals surface area contributed by atoms with Gasteiger partial charge in [0.1, 0.15) is 56.7 Å². The van der Waals surface area contributed by atoms with Crippen LogP contribution in [0.4, 0.5) is 8.78 Å². The molecule has 2 unspecified atom stereocenters. The van der Waals surface area contributed by atoms with Gasteiger partial charge in [-0.05, 0) is 135 Å². The van der Waals surface area contributed by atoms with Crippen LogP contribution in [0.5, 0.6) is 23.0 Å². The smallest absolute Gasteiger partial charge is 0.339 e. The molecule has 7 atom stereocenters. The number of carbonyl (C=O) groups is 2. The number of unbranched alkanes of at least 4 members (excludes halogenated alkanes) is 5. The van der Waals surface area contributed by atoms with E-state index in [1.807, 2.05) is 13.8 Å². The van der Waals surface area contributed by atoms with Gasteiger partial charge in [-0.15, -0.1) is 0 Å². The Labute approximate surface area is 318 Å². The Bertz CT molecular complexity index is 1770. The summed E-state index contributed by atoms with van der Waals surface area (Å²) in [5.74, 6) is -2.96. The Morgan fingerprint density at radius 3 is 1.69 bits per heavy atom. The maximum Gasteiger partial charge on any atom is 0.339 e. The van der Waals surface area contributed by atoms with Crippen molar-refractivity contribution in [2.75, 3.05) is 0 Å². The zero-order chi connectivity index (χ0) is 39.4. The summed E-state index contributed by atoms with van der Waals surface area (Å²) < 4.78 is 44.1. The molecule has 6 rings (SSSR count). The van der Waals surface area contributed by atoms with E-state index < -0.39 is 34.5 Å². The highest BCUT2D eigenvalue weighted by Gasteiger charge is 2.54. The fourth-order valence-corrected chi connectivity index (χ4v) is 10.7. The van der Waals surface area contributed by atoms with Crippen molar-refractivity contribution in [2.24, 2.45) is 11.8 Å². The van der Waals surface area contributed by atoms with Gasteiger partial charge in [0.2, 0.25) is 0 Å². The monoisotopic (exact) mass is 754 g/mol. The van der Waals surface area contributed by atoms with E-state index in [1.165, 1.54) is 0 Å². The van der Waals surface area contributed by atoms with E-state index >= 15 is 8.78 Å². The predicted molar refractivity (Wildman–Crippen MR) is 203 cm³/mol. The molecule has 2 saturated carbocycles. The highest BCUT2D eigenvalue weighted by Crippen LogP contribution is 2.60. The van der Waals surface area contributed by atoms with Crippen LogP contribution in [0.15, 0.2) is 12.1 Å². The molecule has 2 fully saturated rings. The quantitative estimate of drug-likeness (QED) is 0.149. The minimum Gasteiger partial charge on any atom is -0.507 e. The molecule has 0 bridgehead atoms. The van der Waals surface area contributed by atoms with E-state index in [1.54, 1.807) is 26.0 Å². The molecule has 2 heterocycles. The Morgan fingerprint density at radius 2 is 1.17 bits per heavy atom. The van der Waals surface area contributed by atoms with Gasteiger partial charge in [-0.3, -0.25) is 0 Å². The summed E-state index contributed by atoms with van der Waals surface area (Å²) in [6.07, 6.45) is 9.68. The Hall–Kier alpha value is -3.56. The molecule has 2 aliphatic carbocycles. The van der Waals surface area contributed by atoms with E-state index in [0.29, 0.717) is 85.1 Å². The molecule has 2 aromatic rings. The highest BCUT2D eigenvalue weighted by molar-refractivity contribution is 5.94. The molecule has 54 heavy (non-hydrogen) atoms. The zero-order valence-corrected chi connectivity index (χ0v) is 33.0. The first-order valence-electron chi connectivity index (χ1n) is 20.3. The van der Waals surface area contributed by atoms with E-state index in [9.17, 15) is 30.0 Å². The first-order chi connectivity index (χ1) is 25.3. The third-order valence-corrected chi connectivity index (χ3v) is 13.5. The van der Waals surface area contributed by atoms with Crippen molar-refractivity contribution in [2.45, 2.75) is 179 Å². The number of rotatable bonds is 13. The van der Waals surface area contributed by atoms with Gasteiger partial charge < -0.3 is 29.9 Å². The van der Waals surface area contributed by atoms with Crippen molar-refractivity contribution in [3.63, 3.8) is 0 Å². The summed E-state index contributed by atoms with van der Waals surface area (Å²) in [6.45, 7) is 11.3. The van der Waals surface area contributed by atoms with Gasteiger partial charge >= 0.3 is 11.9 Å². The molecule has 0 spiro atoms. The van der Waals surface area contributed by atoms with E-state index in [-0.39, 0.29) is 59.1 Å². The molecule has 0 radical (unpaired) electrons. The molecule has 2 aliphatic heterocycles. The first kappa shape index (κ1) is 40.1. The maximum atomic E-state index is 15.6. The van der Waals surface area contributed by atoms with Gasteiger partial charge in [-0.2, -0.15) is 0 Å². The number of phenols is 2. The molecule has 0 aromatic heterocycles. The first-order valence-corrected chi connectivity index (χ1v) is 20.3. The largest absolute Gasteiger partial charge is 0.507 e. The van der Waals surface area contributed by atoms with Crippen LogP contribution in [-0.4, -0.2) is 54.9 Å². The van der Waals surface area contributed by atoms with Crippen molar-refractivity contribution in [1.82, 2.24) is 0 Å². The minimum absolute atomic E-state index is 0.0400. The number of aromatic hydroxyl groups is 2. The van der Waals surface area contributed by atoms with Gasteiger partial charge in [0.15, 0.2) is 0 Å². The summed E-state index contributed by atoms with van der Waals surface area (Å²) in [4.78, 5) is 24.9. The normalized spacial score (nSPS) is 30.9. The third-order valence-electron chi connectivity index (χ3n) is 13.5. The van der Waals surface area contributed by atoms with E-state index in [0.717, 1.165) is 38.5 Å². The number of alkyl halides is 2. The van der Waals surface area contributed by atoms with Crippen LogP contribution < -0.4 is 9.47 Å². The summed E-state index contributed by atoms with van der Waals surface area (Å²) in [5, 5.41) is 43.3. The Kier molecular flexibility index (Phi) is 11.0. The third kappa shape index (κ3) is 7.64. The molecule has 0 saturated heterocycles. The second kappa shape index (κ2) is 14.8. The van der Waals surface area contributed by atoms with Gasteiger partial charge in [-0.25, -0.2) is 18.4 Å². The topological polar surface area (TPSA) is 134 Å². The Morgan fingerprint density at radius 1 is 0.704 bits per heavy atom. The number of carboxylic acid groups (broad SMARTS) is 2. The molecule has 0 amide bonds. The van der Waals surface area contributed by atoms with Crippen molar-refractivity contribution in [1.29, 1.82) is 0 Å². The lowest BCUT2D eigenvalue weighted by molar-refractivity contribution is -0.0559. The van der Waals surface area contributed by atoms with Crippen LogP contribution in [0.3, 0.4) is 0 Å². The van der Waals surface area contributed by atoms with Gasteiger partial charge in [-0.1, -0.05) is 32.6 Å². The summed E-state index contributed by atoms with van der Waals surface area (Å²) >= 11 is 0. The highest BCUT2D eigenvalue weighted by atomic mass is 19.1. The number of halogens is 2. The van der Waals surface area contributed by atoms with Crippen LogP contribution >= 0.6 is 0 Å². The molecular weight excluding hydrogens is 694 g/mol. The van der Waals surface area contributed by atoms with E-state index in [2.05, 4.69) is 13.8 Å². The Balaban J connectivity index is 1.17. The molecule has 8 nitrogen and oxygen atoms in total. The van der Waals surface area contributed by atoms with Crippen LogP contribution in [0.25, 0.3) is 0 Å². The maximum absolute atomic E-state index is 15.6. The fourth-order valence-electron chi connectivity index (χ4n) is 10.7. The molecule has 4 N–H and O–H groups in total. The average molecular weight is 755 g/mol. The van der Waals surface area contributed by atoms with Crippen LogP contribution in [0, 0.1) is 11.8 Å². The van der Waals surface area contributed by atoms with Crippen molar-refractivity contribution in [3.05, 3.63) is 45.5 Å². The number of carboxylic acids is 2. The molecule has 2 aromatic carbocycles. The number of aryl methyl sites for hydroxylation is 2. The van der Waals surface area contributed by atoms with Gasteiger partial charge in [0.25, 0.3) is 0 Å². The lowest BCUT2D eigenvalue weighted by Gasteiger charge is -2.51. The summed E-state index contributed by atoms with van der Waals surface area (Å²) in [7, 11) is 0. The zero-order valence-electron chi connectivity index (χ0n) is 33.0. The number of benzene rings is 2. The predicted octanol–water partition coefficient (Wildman–Crippen LogP) is 11.0. The fraction of sp³-hybridized carbons (Fsp3) is 0.682. The van der Waals surface area contributed by atoms with Crippen molar-refractivity contribution < 1.29 is 48.3 Å². The van der Waals surface area contributed by atoms with Crippen molar-refractivity contribution in [3.8, 4) is 23.0 Å². The number of fused-ring (bicyclic) bond motifs is 6. The second-order valence-electron chi connectivity index (χ2n) is 18.2. The van der Waals surface area contributed by atoms with E-state index in [4.69, 9.17) is 9.47 Å². The molecule has 10 heteroatoms. The molecule has 298 valence electrons. The number of hydrogen-bond acceptors (Lipinski definition) is 6. The van der Waals surface area contributed by atoms with Crippen molar-refractivity contribution >= 4 is 11.9 Å². The standard InChI is InChI=1S/C44H60F2O8/c1-7-8-11-14-25-22-32-36(38(48)33(25)39(49)50)28-24-43(5,46)20-17-30(28)44(6,54-32)18-13-10-9-12-15-26-21-31-35(37(47)34(26)40(51)52)27-23-42(4,45)19-16-29(27)41(2,3)53-31/h21-22,27-30,47-48H,7-20,23-24H2,1-6H3,(H,49,50)(H,51,52)/t27?,28-,29-,30-,42+,43-,44?/m1/s1. The lowest BCUT2D eigenvalue weighted by Crippen LogP contribution is -2.51. The number of aromatic carboxylic acids is 2. The minimum atomic E-state index is -1.45. The molecular formula is C44H60F2O8. The number of hydrogen-bond donors (Lipinski definition) is 4. The SMILES string of the molecule is CCCCCc1cc2c(c(O)c1C(=O)O)[C@@H]1C[C@](C)(F)CC[C@H]1C(C)(CCCCCCc1cc3c(c(O)c1C(=O)O)C1C[C@@](C)(F)CC[C@H]1C(C)(C)O3)O2. The van der Waals surface area contributed by atoms with Gasteiger partial charge in [0.05, 0.1) is 0 Å². The second-order valence-corrected chi connectivity index (χ2v) is 18.2. The summed E-state index contributed by atoms with van der Waals surface area (Å²) in [6, 6.07) is 3.52. The van der Waals surface area contributed by atoms with Crippen LogP contribution in [0.2, 0.25) is 0 Å². The van der Waals surface area contributed by atoms with Crippen LogP contribution in [0.1, 0.15) is 186 Å². The average Bonchev–Trinajstić information content (AvgIpc) is 3.04. The number of ether oxygens (including phenoxy) is 2. The lowest BCUT2D eigenvalue weighted by atomic mass is 9.61. The van der Waals surface area contributed by atoms with Gasteiger partial charge in [0, 0.05) is 34.8 Å². The molecule has 4 aliphatic rings.